The van der Waals surface area contributed by atoms with E-state index in [-0.39, 0.29) is 10.8 Å². The first kappa shape index (κ1) is 35.0. The summed E-state index contributed by atoms with van der Waals surface area (Å²) in [5, 5.41) is 7.65. The van der Waals surface area contributed by atoms with Crippen molar-refractivity contribution in [3.63, 3.8) is 0 Å². The molecule has 0 nitrogen and oxygen atoms in total. The Morgan fingerprint density at radius 1 is 0.250 bits per heavy atom. The van der Waals surface area contributed by atoms with Crippen LogP contribution in [-0.4, -0.2) is 0 Å². The van der Waals surface area contributed by atoms with Crippen LogP contribution in [0.15, 0.2) is 194 Å². The van der Waals surface area contributed by atoms with Crippen LogP contribution in [-0.2, 0) is 10.8 Å². The Labute approximate surface area is 352 Å². The predicted octanol–water partition coefficient (Wildman–Crippen LogP) is 16.4. The van der Waals surface area contributed by atoms with Gasteiger partial charge in [-0.15, -0.1) is 0 Å². The maximum atomic E-state index is 2.51. The molecule has 0 saturated heterocycles. The molecule has 0 radical (unpaired) electrons. The maximum Gasteiger partial charge on any atom is 0.0159 e. The maximum absolute atomic E-state index is 2.51. The fourth-order valence-corrected chi connectivity index (χ4v) is 10.9. The molecule has 2 aliphatic rings. The van der Waals surface area contributed by atoms with E-state index in [0.29, 0.717) is 0 Å². The van der Waals surface area contributed by atoms with E-state index in [1.165, 1.54) is 121 Å². The minimum absolute atomic E-state index is 0.0437. The number of fused-ring (bicyclic) bond motifs is 9. The van der Waals surface area contributed by atoms with Gasteiger partial charge in [0.1, 0.15) is 0 Å². The highest BCUT2D eigenvalue weighted by Crippen LogP contribution is 2.54. The van der Waals surface area contributed by atoms with Crippen molar-refractivity contribution in [3.8, 4) is 66.8 Å². The average Bonchev–Trinajstić information content (AvgIpc) is 3.66. The van der Waals surface area contributed by atoms with Gasteiger partial charge in [-0.1, -0.05) is 191 Å². The Morgan fingerprint density at radius 3 is 1.52 bits per heavy atom. The second-order valence-electron chi connectivity index (χ2n) is 18.1. The summed E-state index contributed by atoms with van der Waals surface area (Å²) in [7, 11) is 0. The quantitative estimate of drug-likeness (QED) is 0.157. The van der Waals surface area contributed by atoms with Gasteiger partial charge in [-0.25, -0.2) is 0 Å². The molecule has 0 amide bonds. The van der Waals surface area contributed by atoms with Crippen LogP contribution in [0.2, 0.25) is 0 Å². The largest absolute Gasteiger partial charge is 0.0622 e. The van der Waals surface area contributed by atoms with E-state index >= 15 is 0 Å². The van der Waals surface area contributed by atoms with Crippen molar-refractivity contribution < 1.29 is 0 Å². The highest BCUT2D eigenvalue weighted by atomic mass is 14.4. The molecule has 2 aliphatic carbocycles. The van der Waals surface area contributed by atoms with Crippen molar-refractivity contribution >= 4 is 32.3 Å². The van der Waals surface area contributed by atoms with E-state index in [4.69, 9.17) is 0 Å². The predicted molar refractivity (Wildman–Crippen MR) is 256 cm³/mol. The van der Waals surface area contributed by atoms with Gasteiger partial charge < -0.3 is 0 Å². The Hall–Kier alpha value is -7.02. The zero-order valence-corrected chi connectivity index (χ0v) is 34.5. The molecule has 0 aromatic heterocycles. The molecular formula is C60H44. The van der Waals surface area contributed by atoms with E-state index in [1.54, 1.807) is 0 Å². The third-order valence-corrected chi connectivity index (χ3v) is 14.1. The Balaban J connectivity index is 1.06. The number of hydrogen-bond acceptors (Lipinski definition) is 0. The van der Waals surface area contributed by atoms with Crippen LogP contribution < -0.4 is 0 Å². The van der Waals surface area contributed by atoms with Gasteiger partial charge in [-0.05, 0) is 152 Å². The summed E-state index contributed by atoms with van der Waals surface area (Å²) in [4.78, 5) is 0. The average molecular weight is 765 g/mol. The zero-order valence-electron chi connectivity index (χ0n) is 34.5. The third-order valence-electron chi connectivity index (χ3n) is 14.1. The molecule has 0 atom stereocenters. The molecule has 0 aliphatic heterocycles. The molecule has 12 rings (SSSR count). The molecule has 284 valence electrons. The first-order valence-electron chi connectivity index (χ1n) is 21.3. The van der Waals surface area contributed by atoms with E-state index in [1.807, 2.05) is 0 Å². The van der Waals surface area contributed by atoms with Crippen molar-refractivity contribution in [3.05, 3.63) is 216 Å². The summed E-state index contributed by atoms with van der Waals surface area (Å²) in [5.41, 5.74) is 20.8. The molecule has 0 heterocycles. The lowest BCUT2D eigenvalue weighted by molar-refractivity contribution is 0.660. The second-order valence-corrected chi connectivity index (χ2v) is 18.1. The first-order chi connectivity index (χ1) is 29.3. The molecule has 0 unspecified atom stereocenters. The highest BCUT2D eigenvalue weighted by Gasteiger charge is 2.37. The Bertz CT molecular complexity index is 3410. The number of benzene rings is 10. The standard InChI is InChI=1S/C60H44/c1-59(2)53-21-13-12-18-45(53)51-34-43(27-31-54(51)59)58-49-20-11-10-19-48(49)57(50-30-25-41(33-52(50)58)37-14-6-5-7-15-37)44-26-29-47-46-28-24-42(35-55(46)60(3,4)56(47)36-44)40-23-22-38-16-8-9-17-39(38)32-40/h5-36H,1-4H3. The Kier molecular flexibility index (Phi) is 7.42. The molecule has 0 heteroatoms. The first-order valence-corrected chi connectivity index (χ1v) is 21.3. The van der Waals surface area contributed by atoms with Crippen molar-refractivity contribution in [2.75, 3.05) is 0 Å². The summed E-state index contributed by atoms with van der Waals surface area (Å²) in [6.07, 6.45) is 0. The van der Waals surface area contributed by atoms with Crippen molar-refractivity contribution in [1.29, 1.82) is 0 Å². The van der Waals surface area contributed by atoms with Crippen LogP contribution >= 0.6 is 0 Å². The summed E-state index contributed by atoms with van der Waals surface area (Å²) in [6, 6.07) is 73.2. The smallest absolute Gasteiger partial charge is 0.0159 e. The lowest BCUT2D eigenvalue weighted by atomic mass is 9.79. The molecule has 0 fully saturated rings. The fourth-order valence-electron chi connectivity index (χ4n) is 10.9. The van der Waals surface area contributed by atoms with Gasteiger partial charge in [0.25, 0.3) is 0 Å². The molecule has 0 N–H and O–H groups in total. The summed E-state index contributed by atoms with van der Waals surface area (Å²) < 4.78 is 0. The van der Waals surface area contributed by atoms with Crippen LogP contribution in [0.1, 0.15) is 49.9 Å². The number of rotatable bonds is 4. The van der Waals surface area contributed by atoms with Crippen molar-refractivity contribution in [1.82, 2.24) is 0 Å². The van der Waals surface area contributed by atoms with Gasteiger partial charge in [0, 0.05) is 10.8 Å². The Morgan fingerprint density at radius 2 is 0.733 bits per heavy atom. The van der Waals surface area contributed by atoms with Gasteiger partial charge in [-0.3, -0.25) is 0 Å². The van der Waals surface area contributed by atoms with Gasteiger partial charge in [0.15, 0.2) is 0 Å². The van der Waals surface area contributed by atoms with E-state index in [9.17, 15) is 0 Å². The number of hydrogen-bond donors (Lipinski definition) is 0. The normalized spacial score (nSPS) is 14.3. The van der Waals surface area contributed by atoms with E-state index < -0.39 is 0 Å². The van der Waals surface area contributed by atoms with Crippen molar-refractivity contribution in [2.24, 2.45) is 0 Å². The molecular weight excluding hydrogens is 721 g/mol. The molecule has 10 aromatic rings. The summed E-state index contributed by atoms with van der Waals surface area (Å²) in [6.45, 7) is 9.54. The topological polar surface area (TPSA) is 0 Å². The SMILES string of the molecule is CC1(C)c2ccccc2-c2cc(-c3c4ccccc4c(-c4ccc5c(c4)C(C)(C)c4cc(-c6ccc7ccccc7c6)ccc4-5)c4ccc(-c5ccccc5)cc34)ccc21. The van der Waals surface area contributed by atoms with Crippen LogP contribution in [0.25, 0.3) is 99.1 Å². The van der Waals surface area contributed by atoms with Gasteiger partial charge >= 0.3 is 0 Å². The fraction of sp³-hybridized carbons (Fsp3) is 0.100. The summed E-state index contributed by atoms with van der Waals surface area (Å²) in [5.74, 6) is 0. The van der Waals surface area contributed by atoms with E-state index in [2.05, 4.69) is 222 Å². The van der Waals surface area contributed by atoms with E-state index in [0.717, 1.165) is 0 Å². The molecule has 0 bridgehead atoms. The molecule has 10 aromatic carbocycles. The molecule has 0 saturated carbocycles. The molecule has 60 heavy (non-hydrogen) atoms. The summed E-state index contributed by atoms with van der Waals surface area (Å²) >= 11 is 0. The van der Waals surface area contributed by atoms with Gasteiger partial charge in [0.2, 0.25) is 0 Å². The van der Waals surface area contributed by atoms with Crippen LogP contribution in [0.5, 0.6) is 0 Å². The van der Waals surface area contributed by atoms with Crippen LogP contribution in [0.4, 0.5) is 0 Å². The minimum Gasteiger partial charge on any atom is -0.0622 e. The lowest BCUT2D eigenvalue weighted by Gasteiger charge is -2.24. The van der Waals surface area contributed by atoms with Crippen LogP contribution in [0, 0.1) is 0 Å². The zero-order chi connectivity index (χ0) is 40.3. The monoisotopic (exact) mass is 764 g/mol. The lowest BCUT2D eigenvalue weighted by Crippen LogP contribution is -2.15. The van der Waals surface area contributed by atoms with Gasteiger partial charge in [0.05, 0.1) is 0 Å². The third kappa shape index (κ3) is 5.04. The minimum atomic E-state index is -0.173. The molecule has 0 spiro atoms. The van der Waals surface area contributed by atoms with Crippen LogP contribution in [0.3, 0.4) is 0 Å². The van der Waals surface area contributed by atoms with Gasteiger partial charge in [-0.2, -0.15) is 0 Å². The highest BCUT2D eigenvalue weighted by molar-refractivity contribution is 6.22. The second kappa shape index (κ2) is 12.7. The van der Waals surface area contributed by atoms with Crippen molar-refractivity contribution in [2.45, 2.75) is 38.5 Å².